The first-order valence-corrected chi connectivity index (χ1v) is 24.6. The van der Waals surface area contributed by atoms with Gasteiger partial charge in [0, 0.05) is 12.0 Å². The second kappa shape index (κ2) is 29.9. The summed E-state index contributed by atoms with van der Waals surface area (Å²) in [6.07, 6.45) is 12.4. The molecule has 2 heterocycles. The molecule has 1 aromatic rings. The summed E-state index contributed by atoms with van der Waals surface area (Å²) in [6, 6.07) is 7.61. The number of rotatable bonds is 28. The summed E-state index contributed by atoms with van der Waals surface area (Å²) in [5, 5.41) is 10.8. The fraction of sp³-hybridized carbons (Fsp3) is 0.773. The zero-order valence-corrected chi connectivity index (χ0v) is 40.6. The number of benzene rings is 1. The van der Waals surface area contributed by atoms with E-state index in [9.17, 15) is 14.4 Å². The maximum Gasteiger partial charge on any atom is 0.407 e. The van der Waals surface area contributed by atoms with Gasteiger partial charge in [0.15, 0.2) is 12.4 Å². The Balaban J connectivity index is 1.81. The van der Waals surface area contributed by atoms with Crippen molar-refractivity contribution in [2.24, 2.45) is 0 Å². The van der Waals surface area contributed by atoms with Crippen LogP contribution >= 0.6 is 69.6 Å². The van der Waals surface area contributed by atoms with Crippen molar-refractivity contribution in [3.63, 3.8) is 0 Å². The molecular formula is C44H66Cl6N2O10. The van der Waals surface area contributed by atoms with Crippen LogP contribution in [0.15, 0.2) is 30.3 Å². The molecule has 0 aliphatic carbocycles. The van der Waals surface area contributed by atoms with E-state index in [1.165, 1.54) is 64.2 Å². The van der Waals surface area contributed by atoms with Crippen LogP contribution in [0.25, 0.3) is 0 Å². The van der Waals surface area contributed by atoms with Crippen molar-refractivity contribution in [2.45, 2.75) is 199 Å². The van der Waals surface area contributed by atoms with Crippen LogP contribution in [-0.2, 0) is 42.7 Å². The van der Waals surface area contributed by atoms with Crippen LogP contribution in [-0.4, -0.2) is 81.5 Å². The van der Waals surface area contributed by atoms with Gasteiger partial charge >= 0.3 is 18.0 Å². The first-order valence-electron chi connectivity index (χ1n) is 22.3. The SMILES string of the molecule is CCCCCCCCCCCC(=O)O[C@H](CCCCCCCCCCC)CC(=O)O[C@@H]1[C@@H](NC(=O)OCC(Cl)(Cl)Cl)[C@@H](OC(=N)C(Cl)(Cl)Cl)O[C@@H]2CO[C@@H](c3ccccc3)O[C@@H]12. The lowest BCUT2D eigenvalue weighted by Gasteiger charge is -2.48. The third-order valence-electron chi connectivity index (χ3n) is 10.6. The maximum absolute atomic E-state index is 14.1. The van der Waals surface area contributed by atoms with Crippen molar-refractivity contribution in [1.29, 1.82) is 5.41 Å². The third kappa shape index (κ3) is 22.1. The van der Waals surface area contributed by atoms with Crippen LogP contribution < -0.4 is 5.32 Å². The first-order chi connectivity index (χ1) is 29.6. The van der Waals surface area contributed by atoms with E-state index in [4.69, 9.17) is 108 Å². The Morgan fingerprint density at radius 1 is 0.758 bits per heavy atom. The number of hydrogen-bond donors (Lipinski definition) is 2. The van der Waals surface area contributed by atoms with Crippen molar-refractivity contribution >= 4 is 93.5 Å². The lowest BCUT2D eigenvalue weighted by Crippen LogP contribution is -2.68. The number of nitrogens with one attached hydrogen (secondary N) is 2. The zero-order valence-electron chi connectivity index (χ0n) is 36.0. The second-order valence-corrected chi connectivity index (χ2v) is 20.8. The number of fused-ring (bicyclic) bond motifs is 1. The van der Waals surface area contributed by atoms with Gasteiger partial charge in [-0.3, -0.25) is 15.0 Å². The third-order valence-corrected chi connectivity index (χ3v) is 11.5. The number of ether oxygens (including phenoxy) is 7. The average Bonchev–Trinajstić information content (AvgIpc) is 3.22. The normalized spacial score (nSPS) is 21.9. The van der Waals surface area contributed by atoms with Crippen LogP contribution in [0.2, 0.25) is 0 Å². The Kier molecular flexibility index (Phi) is 26.5. The van der Waals surface area contributed by atoms with E-state index in [-0.39, 0.29) is 25.4 Å². The number of halogens is 6. The van der Waals surface area contributed by atoms with Crippen LogP contribution in [0.3, 0.4) is 0 Å². The van der Waals surface area contributed by atoms with Crippen molar-refractivity contribution in [3.05, 3.63) is 35.9 Å². The van der Waals surface area contributed by atoms with Gasteiger partial charge in [0.2, 0.25) is 16.0 Å². The summed E-state index contributed by atoms with van der Waals surface area (Å²) in [4.78, 5) is 40.5. The van der Waals surface area contributed by atoms with Gasteiger partial charge in [-0.1, -0.05) is 217 Å². The minimum Gasteiger partial charge on any atom is -0.462 e. The number of carbonyl (C=O) groups excluding carboxylic acids is 3. The zero-order chi connectivity index (χ0) is 45.4. The van der Waals surface area contributed by atoms with Gasteiger partial charge in [-0.05, 0) is 19.3 Å². The van der Waals surface area contributed by atoms with Crippen molar-refractivity contribution in [1.82, 2.24) is 5.32 Å². The number of carbonyl (C=O) groups is 3. The van der Waals surface area contributed by atoms with E-state index in [2.05, 4.69) is 19.2 Å². The lowest BCUT2D eigenvalue weighted by molar-refractivity contribution is -0.336. The summed E-state index contributed by atoms with van der Waals surface area (Å²) >= 11 is 35.4. The molecule has 2 saturated heterocycles. The Morgan fingerprint density at radius 3 is 1.89 bits per heavy atom. The highest BCUT2D eigenvalue weighted by Crippen LogP contribution is 2.38. The molecule has 0 unspecified atom stereocenters. The van der Waals surface area contributed by atoms with E-state index in [1.807, 2.05) is 18.2 Å². The van der Waals surface area contributed by atoms with Gasteiger partial charge in [0.05, 0.1) is 13.0 Å². The molecule has 0 saturated carbocycles. The fourth-order valence-corrected chi connectivity index (χ4v) is 7.65. The van der Waals surface area contributed by atoms with E-state index in [1.54, 1.807) is 12.1 Å². The highest BCUT2D eigenvalue weighted by atomic mass is 35.6. The molecule has 0 bridgehead atoms. The lowest BCUT2D eigenvalue weighted by atomic mass is 9.95. The van der Waals surface area contributed by atoms with Crippen molar-refractivity contribution < 1.29 is 47.5 Å². The number of hydrogen-bond acceptors (Lipinski definition) is 11. The average molecular weight is 996 g/mol. The molecule has 18 heteroatoms. The summed E-state index contributed by atoms with van der Waals surface area (Å²) in [5.41, 5.74) is 0.666. The van der Waals surface area contributed by atoms with Gasteiger partial charge in [-0.2, -0.15) is 0 Å². The van der Waals surface area contributed by atoms with E-state index in [0.29, 0.717) is 18.4 Å². The molecular weight excluding hydrogens is 929 g/mol. The molecule has 0 spiro atoms. The smallest absolute Gasteiger partial charge is 0.407 e. The molecule has 3 rings (SSSR count). The molecule has 1 aromatic carbocycles. The standard InChI is InChI=1S/C44H66Cl6N2O10/c1-3-5-7-9-11-13-15-17-22-26-32(58-34(53)27-23-18-16-14-12-10-8-6-4-2)28-35(54)60-38-36(52-42(55)57-30-43(45,46)47)40(62-41(51)44(48,49)50)59-33-29-56-39(61-37(33)38)31-24-20-19-21-25-31/h19-21,24-25,32-33,36-40,51H,3-18,22-23,26-30H2,1-2H3,(H,52,55)/t32-,33-,36-,37-,38-,39-,40-/m1/s1. The highest BCUT2D eigenvalue weighted by molar-refractivity contribution is 6.76. The summed E-state index contributed by atoms with van der Waals surface area (Å²) < 4.78 is 37.2. The topological polar surface area (TPSA) is 152 Å². The predicted octanol–water partition coefficient (Wildman–Crippen LogP) is 12.7. The van der Waals surface area contributed by atoms with Gasteiger partial charge in [-0.15, -0.1) is 0 Å². The molecule has 2 aliphatic rings. The molecule has 0 radical (unpaired) electrons. The Bertz CT molecular complexity index is 1450. The Labute approximate surface area is 398 Å². The molecule has 7 atom stereocenters. The second-order valence-electron chi connectivity index (χ2n) is 16.0. The number of amides is 1. The van der Waals surface area contributed by atoms with Gasteiger partial charge in [0.1, 0.15) is 31.0 Å². The van der Waals surface area contributed by atoms with Crippen LogP contribution in [0, 0.1) is 5.41 Å². The van der Waals surface area contributed by atoms with Crippen LogP contribution in [0.1, 0.15) is 161 Å². The number of unbranched alkanes of at least 4 members (excludes halogenated alkanes) is 16. The highest BCUT2D eigenvalue weighted by Gasteiger charge is 2.54. The number of alkyl carbamates (subject to hydrolysis) is 1. The fourth-order valence-electron chi connectivity index (χ4n) is 7.35. The van der Waals surface area contributed by atoms with E-state index >= 15 is 0 Å². The maximum atomic E-state index is 14.1. The molecule has 1 amide bonds. The number of esters is 2. The van der Waals surface area contributed by atoms with Gasteiger partial charge in [0.25, 0.3) is 3.79 Å². The van der Waals surface area contributed by atoms with Crippen molar-refractivity contribution in [2.75, 3.05) is 13.2 Å². The summed E-state index contributed by atoms with van der Waals surface area (Å²) in [6.45, 7) is 3.68. The quantitative estimate of drug-likeness (QED) is 0.0207. The van der Waals surface area contributed by atoms with Crippen LogP contribution in [0.5, 0.6) is 0 Å². The molecule has 2 N–H and O–H groups in total. The molecule has 2 aliphatic heterocycles. The summed E-state index contributed by atoms with van der Waals surface area (Å²) in [5.74, 6) is -1.98. The first kappa shape index (κ1) is 54.9. The summed E-state index contributed by atoms with van der Waals surface area (Å²) in [7, 11) is 0. The monoisotopic (exact) mass is 992 g/mol. The molecule has 62 heavy (non-hydrogen) atoms. The van der Waals surface area contributed by atoms with Crippen molar-refractivity contribution in [3.8, 4) is 0 Å². The molecule has 354 valence electrons. The largest absolute Gasteiger partial charge is 0.462 e. The molecule has 2 fully saturated rings. The Hall–Kier alpha value is -1.48. The predicted molar refractivity (Wildman–Crippen MR) is 244 cm³/mol. The van der Waals surface area contributed by atoms with Gasteiger partial charge < -0.3 is 38.5 Å². The van der Waals surface area contributed by atoms with Crippen LogP contribution in [0.4, 0.5) is 4.79 Å². The molecule has 12 nitrogen and oxygen atoms in total. The van der Waals surface area contributed by atoms with E-state index < -0.39 is 75.2 Å². The van der Waals surface area contributed by atoms with Gasteiger partial charge in [-0.25, -0.2) is 4.79 Å². The number of alkyl halides is 6. The van der Waals surface area contributed by atoms with E-state index in [0.717, 1.165) is 44.9 Å². The minimum absolute atomic E-state index is 0.0820. The minimum atomic E-state index is -2.33. The molecule has 0 aromatic heterocycles. The Morgan fingerprint density at radius 2 is 1.32 bits per heavy atom.